The molecule has 0 spiro atoms. The van der Waals surface area contributed by atoms with Gasteiger partial charge in [0, 0.05) is 7.11 Å². The zero-order valence-corrected chi connectivity index (χ0v) is 7.10. The van der Waals surface area contributed by atoms with Crippen LogP contribution in [0.1, 0.15) is 0 Å². The van der Waals surface area contributed by atoms with Gasteiger partial charge in [-0.15, -0.1) is 0 Å². The number of aliphatic hydroxyl groups excluding tert-OH is 2. The quantitative estimate of drug-likeness (QED) is 0.360. The van der Waals surface area contributed by atoms with Crippen LogP contribution in [0.2, 0.25) is 0 Å². The maximum atomic E-state index is 8.41. The third-order valence-electron chi connectivity index (χ3n) is 0.888. The van der Waals surface area contributed by atoms with Crippen LogP contribution in [0, 0.1) is 0 Å². The molecular weight excluding hydrogens is 166 g/mol. The average molecular weight is 181 g/mol. The summed E-state index contributed by atoms with van der Waals surface area (Å²) in [4.78, 5) is 9.72. The molecule has 0 saturated carbocycles. The molecule has 0 aliphatic carbocycles. The molecule has 0 fully saturated rings. The minimum atomic E-state index is -0.0945. The molecule has 0 heterocycles. The number of rotatable bonds is 8. The number of nitrogens with zero attached hydrogens (tertiary/aromatic N) is 1. The highest BCUT2D eigenvalue weighted by Gasteiger charge is 2.03. The van der Waals surface area contributed by atoms with Gasteiger partial charge in [0.05, 0.1) is 26.4 Å². The fourth-order valence-electron chi connectivity index (χ4n) is 0.502. The largest absolute Gasteiger partial charge is 0.394 e. The summed E-state index contributed by atoms with van der Waals surface area (Å²) in [5.41, 5.74) is 0. The summed E-state index contributed by atoms with van der Waals surface area (Å²) in [5.74, 6) is 0. The molecule has 0 saturated heterocycles. The van der Waals surface area contributed by atoms with Crippen molar-refractivity contribution in [3.63, 3.8) is 0 Å². The first-order valence-corrected chi connectivity index (χ1v) is 3.59. The van der Waals surface area contributed by atoms with E-state index in [9.17, 15) is 0 Å². The van der Waals surface area contributed by atoms with Crippen LogP contribution >= 0.6 is 0 Å². The third-order valence-corrected chi connectivity index (χ3v) is 0.888. The number of aliphatic hydroxyl groups is 2. The molecule has 0 bridgehead atoms. The Hall–Kier alpha value is -0.240. The second kappa shape index (κ2) is 8.85. The first kappa shape index (κ1) is 11.8. The Morgan fingerprint density at radius 1 is 1.08 bits per heavy atom. The van der Waals surface area contributed by atoms with Crippen LogP contribution in [0.4, 0.5) is 0 Å². The van der Waals surface area contributed by atoms with Crippen LogP contribution < -0.4 is 0 Å². The molecule has 0 aliphatic heterocycles. The Kier molecular flexibility index (Phi) is 8.68. The van der Waals surface area contributed by atoms with Crippen LogP contribution in [0.5, 0.6) is 0 Å². The average Bonchev–Trinajstić information content (AvgIpc) is 2.10. The molecule has 0 atom stereocenters. The zero-order valence-electron chi connectivity index (χ0n) is 7.10. The van der Waals surface area contributed by atoms with E-state index < -0.39 is 0 Å². The second-order valence-electron chi connectivity index (χ2n) is 1.86. The van der Waals surface area contributed by atoms with Gasteiger partial charge >= 0.3 is 0 Å². The Bertz CT molecular complexity index is 84.0. The van der Waals surface area contributed by atoms with Gasteiger partial charge in [-0.2, -0.15) is 0 Å². The fourth-order valence-corrected chi connectivity index (χ4v) is 0.502. The number of methoxy groups -OCH3 is 1. The lowest BCUT2D eigenvalue weighted by Crippen LogP contribution is -2.29. The monoisotopic (exact) mass is 181 g/mol. The molecule has 6 heteroatoms. The van der Waals surface area contributed by atoms with Crippen molar-refractivity contribution in [1.29, 1.82) is 0 Å². The highest BCUT2D eigenvalue weighted by molar-refractivity contribution is 4.21. The van der Waals surface area contributed by atoms with Crippen molar-refractivity contribution >= 4 is 0 Å². The minimum Gasteiger partial charge on any atom is -0.394 e. The van der Waals surface area contributed by atoms with Gasteiger partial charge in [-0.3, -0.25) is 9.68 Å². The molecule has 0 aromatic carbocycles. The normalized spacial score (nSPS) is 11.0. The van der Waals surface area contributed by atoms with Gasteiger partial charge in [0.2, 0.25) is 0 Å². The second-order valence-corrected chi connectivity index (χ2v) is 1.86. The van der Waals surface area contributed by atoms with E-state index >= 15 is 0 Å². The minimum absolute atomic E-state index is 0.0945. The summed E-state index contributed by atoms with van der Waals surface area (Å²) in [7, 11) is 1.48. The summed E-state index contributed by atoms with van der Waals surface area (Å²) < 4.78 is 4.71. The summed E-state index contributed by atoms with van der Waals surface area (Å²) >= 11 is 0. The maximum Gasteiger partial charge on any atom is 0.149 e. The Labute approximate surface area is 71.2 Å². The first-order valence-electron chi connectivity index (χ1n) is 3.59. The number of ether oxygens (including phenoxy) is 1. The van der Waals surface area contributed by atoms with Gasteiger partial charge in [0.1, 0.15) is 6.73 Å². The maximum absolute atomic E-state index is 8.41. The van der Waals surface area contributed by atoms with Gasteiger partial charge in [0.15, 0.2) is 0 Å². The van der Waals surface area contributed by atoms with Crippen LogP contribution in [-0.2, 0) is 14.4 Å². The van der Waals surface area contributed by atoms with Crippen LogP contribution in [0.25, 0.3) is 0 Å². The molecule has 0 unspecified atom stereocenters. The molecule has 0 aliphatic rings. The van der Waals surface area contributed by atoms with E-state index in [1.54, 1.807) is 0 Å². The topological polar surface area (TPSA) is 71.4 Å². The number of hydroxylamine groups is 2. The number of hydrogen-bond acceptors (Lipinski definition) is 6. The van der Waals surface area contributed by atoms with E-state index in [2.05, 4.69) is 0 Å². The standard InChI is InChI=1S/C6H15NO5/c1-10-6-7(11-4-2-8)12-5-3-9/h8-9H,2-6H2,1H3. The predicted octanol–water partition coefficient (Wildman–Crippen LogP) is -1.26. The summed E-state index contributed by atoms with van der Waals surface area (Å²) in [5, 5.41) is 17.9. The lowest BCUT2D eigenvalue weighted by molar-refractivity contribution is -0.394. The van der Waals surface area contributed by atoms with Crippen LogP contribution in [0.15, 0.2) is 0 Å². The van der Waals surface area contributed by atoms with Gasteiger partial charge in [-0.05, 0) is 5.23 Å². The lowest BCUT2D eigenvalue weighted by Gasteiger charge is -2.18. The summed E-state index contributed by atoms with van der Waals surface area (Å²) in [6.45, 7) is 0.203. The van der Waals surface area contributed by atoms with E-state index in [1.165, 1.54) is 7.11 Å². The van der Waals surface area contributed by atoms with E-state index in [4.69, 9.17) is 24.6 Å². The smallest absolute Gasteiger partial charge is 0.149 e. The van der Waals surface area contributed by atoms with Crippen molar-refractivity contribution in [1.82, 2.24) is 5.23 Å². The van der Waals surface area contributed by atoms with Gasteiger partial charge in [0.25, 0.3) is 0 Å². The fraction of sp³-hybridized carbons (Fsp3) is 1.00. The third kappa shape index (κ3) is 6.47. The molecule has 6 nitrogen and oxygen atoms in total. The van der Waals surface area contributed by atoms with Gasteiger partial charge in [-0.25, -0.2) is 0 Å². The number of hydrogen-bond donors (Lipinski definition) is 2. The molecule has 2 N–H and O–H groups in total. The molecule has 0 amide bonds. The zero-order chi connectivity index (χ0) is 9.23. The molecule has 0 aromatic heterocycles. The molecule has 0 radical (unpaired) electrons. The Morgan fingerprint density at radius 2 is 1.58 bits per heavy atom. The Balaban J connectivity index is 3.40. The molecule has 0 rings (SSSR count). The first-order chi connectivity index (χ1) is 5.85. The van der Waals surface area contributed by atoms with Crippen molar-refractivity contribution < 1.29 is 24.6 Å². The van der Waals surface area contributed by atoms with Gasteiger partial charge in [-0.1, -0.05) is 0 Å². The SMILES string of the molecule is COCN(OCCO)OCCO. The van der Waals surface area contributed by atoms with Crippen molar-refractivity contribution in [3.05, 3.63) is 0 Å². The van der Waals surface area contributed by atoms with E-state index in [-0.39, 0.29) is 33.2 Å². The highest BCUT2D eigenvalue weighted by atomic mass is 17.0. The molecular formula is C6H15NO5. The summed E-state index contributed by atoms with van der Waals surface area (Å²) in [6, 6.07) is 0. The van der Waals surface area contributed by atoms with E-state index in [0.717, 1.165) is 5.23 Å². The van der Waals surface area contributed by atoms with Crippen molar-refractivity contribution in [2.45, 2.75) is 0 Å². The molecule has 0 aromatic rings. The van der Waals surface area contributed by atoms with Crippen molar-refractivity contribution in [3.8, 4) is 0 Å². The van der Waals surface area contributed by atoms with E-state index in [1.807, 2.05) is 0 Å². The highest BCUT2D eigenvalue weighted by Crippen LogP contribution is 1.91. The summed E-state index contributed by atoms with van der Waals surface area (Å²) in [6.07, 6.45) is 0. The van der Waals surface area contributed by atoms with Crippen molar-refractivity contribution in [2.75, 3.05) is 40.3 Å². The Morgan fingerprint density at radius 3 is 1.92 bits per heavy atom. The van der Waals surface area contributed by atoms with E-state index in [0.29, 0.717) is 0 Å². The van der Waals surface area contributed by atoms with Crippen LogP contribution in [0.3, 0.4) is 0 Å². The lowest BCUT2D eigenvalue weighted by atomic mass is 10.8. The van der Waals surface area contributed by atoms with Gasteiger partial charge < -0.3 is 14.9 Å². The molecule has 12 heavy (non-hydrogen) atoms. The molecule has 74 valence electrons. The van der Waals surface area contributed by atoms with Crippen LogP contribution in [-0.4, -0.2) is 55.7 Å². The van der Waals surface area contributed by atoms with Crippen molar-refractivity contribution in [2.24, 2.45) is 0 Å². The predicted molar refractivity (Wildman–Crippen MR) is 39.8 cm³/mol.